The molecule has 52 valence electrons. The topological polar surface area (TPSA) is 58.6 Å². The first kappa shape index (κ1) is 8.17. The van der Waals surface area contributed by atoms with Crippen LogP contribution in [0.5, 0.6) is 0 Å². The van der Waals surface area contributed by atoms with E-state index in [9.17, 15) is 5.11 Å². The van der Waals surface area contributed by atoms with Crippen LogP contribution in [0.1, 0.15) is 6.92 Å². The molecule has 0 rings (SSSR count). The maximum Gasteiger partial charge on any atom is 0.136 e. The van der Waals surface area contributed by atoms with E-state index in [4.69, 9.17) is 5.73 Å². The van der Waals surface area contributed by atoms with E-state index in [-0.39, 0.29) is 5.84 Å². The summed E-state index contributed by atoms with van der Waals surface area (Å²) in [6.45, 7) is 4.92. The summed E-state index contributed by atoms with van der Waals surface area (Å²) in [5.74, 6) is 0.178. The molecular weight excluding hydrogens is 116 g/mol. The molecule has 3 nitrogen and oxygen atoms in total. The van der Waals surface area contributed by atoms with Crippen molar-refractivity contribution in [3.8, 4) is 0 Å². The van der Waals surface area contributed by atoms with Crippen molar-refractivity contribution in [2.45, 2.75) is 12.5 Å². The molecule has 0 radical (unpaired) electrons. The second-order valence-electron chi connectivity index (χ2n) is 1.96. The van der Waals surface area contributed by atoms with Gasteiger partial charge in [0.2, 0.25) is 0 Å². The Morgan fingerprint density at radius 1 is 1.89 bits per heavy atom. The Morgan fingerprint density at radius 3 is 2.44 bits per heavy atom. The van der Waals surface area contributed by atoms with E-state index in [1.54, 1.807) is 0 Å². The fourth-order valence-corrected chi connectivity index (χ4v) is 0.331. The molecule has 1 atom stereocenters. The summed E-state index contributed by atoms with van der Waals surface area (Å²) in [6, 6.07) is 0. The van der Waals surface area contributed by atoms with Gasteiger partial charge >= 0.3 is 0 Å². The van der Waals surface area contributed by atoms with Gasteiger partial charge < -0.3 is 10.8 Å². The quantitative estimate of drug-likeness (QED) is 0.310. The second-order valence-corrected chi connectivity index (χ2v) is 1.96. The smallest absolute Gasteiger partial charge is 0.136 e. The van der Waals surface area contributed by atoms with Gasteiger partial charge in [-0.25, -0.2) is 0 Å². The molecule has 0 amide bonds. The molecular formula is C6H12N2O. The first-order valence-corrected chi connectivity index (χ1v) is 2.63. The number of nitrogens with zero attached hydrogens (tertiary/aromatic N) is 1. The predicted molar refractivity (Wildman–Crippen MR) is 38.4 cm³/mol. The molecule has 0 saturated carbocycles. The highest BCUT2D eigenvalue weighted by molar-refractivity contribution is 5.90. The number of nitrogens with two attached hydrogens (primary N) is 1. The molecule has 9 heavy (non-hydrogen) atoms. The lowest BCUT2D eigenvalue weighted by molar-refractivity contribution is 0.183. The van der Waals surface area contributed by atoms with E-state index in [0.717, 1.165) is 0 Å². The molecule has 0 aliphatic carbocycles. The van der Waals surface area contributed by atoms with Crippen molar-refractivity contribution in [1.82, 2.24) is 0 Å². The van der Waals surface area contributed by atoms with Gasteiger partial charge in [0.25, 0.3) is 0 Å². The van der Waals surface area contributed by atoms with Gasteiger partial charge in [-0.05, 0) is 6.92 Å². The Hall–Kier alpha value is -0.830. The number of hydrogen-bond acceptors (Lipinski definition) is 2. The third-order valence-electron chi connectivity index (χ3n) is 1.16. The maximum absolute atomic E-state index is 9.22. The average Bonchev–Trinajstić information content (AvgIpc) is 1.86. The minimum Gasteiger partial charge on any atom is -0.385 e. The third kappa shape index (κ3) is 1.85. The van der Waals surface area contributed by atoms with Crippen molar-refractivity contribution in [1.29, 1.82) is 0 Å². The van der Waals surface area contributed by atoms with Crippen LogP contribution >= 0.6 is 0 Å². The molecule has 3 heteroatoms. The predicted octanol–water partition coefficient (Wildman–Crippen LogP) is -0.0896. The molecule has 0 fully saturated rings. The van der Waals surface area contributed by atoms with Crippen molar-refractivity contribution in [3.05, 3.63) is 12.7 Å². The standard InChI is InChI=1S/C6H12N2O/c1-4-6(2,9)5(7)8-3/h4,9H,1H2,2-3H3,(H2,7,8). The Balaban J connectivity index is 4.32. The molecule has 0 aromatic carbocycles. The summed E-state index contributed by atoms with van der Waals surface area (Å²) in [5.41, 5.74) is 4.13. The van der Waals surface area contributed by atoms with E-state index in [1.165, 1.54) is 20.0 Å². The van der Waals surface area contributed by atoms with E-state index < -0.39 is 5.60 Å². The average molecular weight is 128 g/mol. The SMILES string of the molecule is C=CC(C)(O)C(N)=NC. The lowest BCUT2D eigenvalue weighted by Crippen LogP contribution is -2.38. The summed E-state index contributed by atoms with van der Waals surface area (Å²) < 4.78 is 0. The minimum atomic E-state index is -1.16. The number of aliphatic imine (C=N–C) groups is 1. The van der Waals surface area contributed by atoms with Crippen LogP contribution in [-0.2, 0) is 0 Å². The Labute approximate surface area is 54.9 Å². The van der Waals surface area contributed by atoms with Gasteiger partial charge in [0, 0.05) is 7.05 Å². The number of amidine groups is 1. The van der Waals surface area contributed by atoms with Crippen LogP contribution in [0.25, 0.3) is 0 Å². The van der Waals surface area contributed by atoms with Crippen LogP contribution in [0, 0.1) is 0 Å². The van der Waals surface area contributed by atoms with Crippen molar-refractivity contribution in [3.63, 3.8) is 0 Å². The Morgan fingerprint density at radius 2 is 2.33 bits per heavy atom. The first-order chi connectivity index (χ1) is 4.04. The van der Waals surface area contributed by atoms with Gasteiger partial charge in [0.1, 0.15) is 11.4 Å². The van der Waals surface area contributed by atoms with Crippen LogP contribution in [0.4, 0.5) is 0 Å². The van der Waals surface area contributed by atoms with Gasteiger partial charge in [-0.3, -0.25) is 4.99 Å². The highest BCUT2D eigenvalue weighted by atomic mass is 16.3. The van der Waals surface area contributed by atoms with Gasteiger partial charge in [-0.2, -0.15) is 0 Å². The molecule has 0 aliphatic rings. The molecule has 0 heterocycles. The van der Waals surface area contributed by atoms with Crippen LogP contribution in [-0.4, -0.2) is 23.6 Å². The highest BCUT2D eigenvalue weighted by Gasteiger charge is 2.19. The lowest BCUT2D eigenvalue weighted by atomic mass is 10.1. The van der Waals surface area contributed by atoms with Crippen LogP contribution < -0.4 is 5.73 Å². The summed E-state index contributed by atoms with van der Waals surface area (Å²) >= 11 is 0. The fraction of sp³-hybridized carbons (Fsp3) is 0.500. The Bertz CT molecular complexity index is 138. The lowest BCUT2D eigenvalue weighted by Gasteiger charge is -2.16. The van der Waals surface area contributed by atoms with Gasteiger partial charge in [0.15, 0.2) is 0 Å². The van der Waals surface area contributed by atoms with E-state index in [0.29, 0.717) is 0 Å². The minimum absolute atomic E-state index is 0.178. The number of hydrogen-bond donors (Lipinski definition) is 2. The van der Waals surface area contributed by atoms with Crippen molar-refractivity contribution in [2.24, 2.45) is 10.7 Å². The largest absolute Gasteiger partial charge is 0.385 e. The first-order valence-electron chi connectivity index (χ1n) is 2.63. The summed E-state index contributed by atoms with van der Waals surface area (Å²) in [6.07, 6.45) is 1.34. The normalized spacial score (nSPS) is 18.8. The zero-order valence-corrected chi connectivity index (χ0v) is 5.76. The second kappa shape index (κ2) is 2.64. The zero-order chi connectivity index (χ0) is 7.49. The van der Waals surface area contributed by atoms with E-state index >= 15 is 0 Å². The zero-order valence-electron chi connectivity index (χ0n) is 5.76. The van der Waals surface area contributed by atoms with E-state index in [2.05, 4.69) is 11.6 Å². The third-order valence-corrected chi connectivity index (χ3v) is 1.16. The summed E-state index contributed by atoms with van der Waals surface area (Å²) in [5, 5.41) is 9.22. The van der Waals surface area contributed by atoms with Crippen LogP contribution in [0.3, 0.4) is 0 Å². The van der Waals surface area contributed by atoms with Crippen molar-refractivity contribution < 1.29 is 5.11 Å². The van der Waals surface area contributed by atoms with Crippen LogP contribution in [0.15, 0.2) is 17.6 Å². The molecule has 0 saturated heterocycles. The van der Waals surface area contributed by atoms with Gasteiger partial charge in [-0.1, -0.05) is 12.7 Å². The number of rotatable bonds is 2. The fourth-order valence-electron chi connectivity index (χ4n) is 0.331. The summed E-state index contributed by atoms with van der Waals surface area (Å²) in [7, 11) is 1.52. The van der Waals surface area contributed by atoms with E-state index in [1.807, 2.05) is 0 Å². The van der Waals surface area contributed by atoms with Crippen LogP contribution in [0.2, 0.25) is 0 Å². The number of aliphatic hydroxyl groups is 1. The summed E-state index contributed by atoms with van der Waals surface area (Å²) in [4.78, 5) is 3.60. The maximum atomic E-state index is 9.22. The molecule has 0 aromatic rings. The molecule has 1 unspecified atom stereocenters. The highest BCUT2D eigenvalue weighted by Crippen LogP contribution is 2.02. The molecule has 0 aromatic heterocycles. The van der Waals surface area contributed by atoms with Crippen molar-refractivity contribution >= 4 is 5.84 Å². The monoisotopic (exact) mass is 128 g/mol. The molecule has 3 N–H and O–H groups in total. The molecule has 0 spiro atoms. The van der Waals surface area contributed by atoms with Gasteiger partial charge in [0.05, 0.1) is 0 Å². The van der Waals surface area contributed by atoms with Crippen molar-refractivity contribution in [2.75, 3.05) is 7.05 Å². The molecule has 0 aliphatic heterocycles. The van der Waals surface area contributed by atoms with Gasteiger partial charge in [-0.15, -0.1) is 0 Å². The molecule has 0 bridgehead atoms. The Kier molecular flexibility index (Phi) is 2.40.